The van der Waals surface area contributed by atoms with Gasteiger partial charge in [-0.2, -0.15) is 0 Å². The van der Waals surface area contributed by atoms with E-state index in [0.717, 1.165) is 310 Å². The average molecular weight is 1640 g/mol. The second kappa shape index (κ2) is 78.7. The predicted molar refractivity (Wildman–Crippen MR) is 502 cm³/mol. The van der Waals surface area contributed by atoms with E-state index in [9.17, 15) is 39.6 Å². The van der Waals surface area contributed by atoms with Gasteiger partial charge in [0.1, 0.15) is 0 Å². The number of unbranched alkanes of at least 4 members (excludes halogenated alkanes) is 52. The first-order chi connectivity index (χ1) is 56.6. The van der Waals surface area contributed by atoms with Crippen molar-refractivity contribution in [2.24, 2.45) is 21.7 Å². The molecule has 688 valence electrons. The highest BCUT2D eigenvalue weighted by Crippen LogP contribution is 2.42. The summed E-state index contributed by atoms with van der Waals surface area (Å²) < 4.78 is 0. The molecule has 0 aliphatic carbocycles. The summed E-state index contributed by atoms with van der Waals surface area (Å²) in [6, 6.07) is 0. The number of carbonyl (C=O) groups is 4. The zero-order valence-corrected chi connectivity index (χ0v) is 79.4. The van der Waals surface area contributed by atoms with E-state index in [-0.39, 0.29) is 0 Å². The number of hydrogen-bond donors (Lipinski definition) is 4. The van der Waals surface area contributed by atoms with Gasteiger partial charge in [0.15, 0.2) is 0 Å². The second-order valence-corrected chi connectivity index (χ2v) is 38.5. The lowest BCUT2D eigenvalue weighted by Gasteiger charge is -2.37. The maximum atomic E-state index is 13.7. The van der Waals surface area contributed by atoms with Crippen molar-refractivity contribution in [3.63, 3.8) is 0 Å². The topological polar surface area (TPSA) is 162 Å². The maximum absolute atomic E-state index is 13.7. The Hall–Kier alpha value is -2.28. The molecule has 1 fully saturated rings. The van der Waals surface area contributed by atoms with E-state index in [0.29, 0.717) is 0 Å². The number of rotatable bonds is 94. The van der Waals surface area contributed by atoms with Crippen LogP contribution < -0.4 is 0 Å². The maximum Gasteiger partial charge on any atom is 0.309 e. The molecular formula is C104H204N4O8. The third-order valence-corrected chi connectivity index (χ3v) is 28.3. The van der Waals surface area contributed by atoms with Crippen LogP contribution in [0.5, 0.6) is 0 Å². The van der Waals surface area contributed by atoms with Gasteiger partial charge < -0.3 is 30.2 Å². The first-order valence-corrected chi connectivity index (χ1v) is 52.4. The molecule has 116 heavy (non-hydrogen) atoms. The summed E-state index contributed by atoms with van der Waals surface area (Å²) in [5.41, 5.74) is -2.61. The van der Waals surface area contributed by atoms with Gasteiger partial charge in [-0.3, -0.25) is 29.0 Å². The Kier molecular flexibility index (Phi) is 75.8. The zero-order valence-electron chi connectivity index (χ0n) is 79.4. The van der Waals surface area contributed by atoms with Crippen LogP contribution in [0.15, 0.2) is 0 Å². The van der Waals surface area contributed by atoms with Crippen LogP contribution in [0.1, 0.15) is 543 Å². The smallest absolute Gasteiger partial charge is 0.309 e. The van der Waals surface area contributed by atoms with Crippen molar-refractivity contribution >= 4 is 23.9 Å². The van der Waals surface area contributed by atoms with Gasteiger partial charge in [-0.05, 0) is 129 Å². The lowest BCUT2D eigenvalue weighted by molar-refractivity contribution is -0.151. The quantitative estimate of drug-likeness (QED) is 0.0427. The van der Waals surface area contributed by atoms with Gasteiger partial charge in [0.25, 0.3) is 0 Å². The number of carboxylic acids is 4. The Balaban J connectivity index is 3.58. The second-order valence-electron chi connectivity index (χ2n) is 38.5. The van der Waals surface area contributed by atoms with E-state index < -0.39 is 45.5 Å². The fourth-order valence-corrected chi connectivity index (χ4v) is 19.8. The molecule has 0 saturated carbocycles. The molecule has 0 aromatic carbocycles. The average Bonchev–Trinajstić information content (AvgIpc) is 0.862. The minimum atomic E-state index is -0.651. The summed E-state index contributed by atoms with van der Waals surface area (Å²) >= 11 is 0. The lowest BCUT2D eigenvalue weighted by Crippen LogP contribution is -2.50. The summed E-state index contributed by atoms with van der Waals surface area (Å²) in [6.07, 6.45) is 84.4. The normalized spacial score (nSPS) is 15.2. The molecule has 12 heteroatoms. The molecule has 0 amide bonds. The van der Waals surface area contributed by atoms with Gasteiger partial charge in [-0.1, -0.05) is 441 Å². The van der Waals surface area contributed by atoms with Gasteiger partial charge in [-0.25, -0.2) is 0 Å². The van der Waals surface area contributed by atoms with Crippen LogP contribution >= 0.6 is 0 Å². The summed E-state index contributed by atoms with van der Waals surface area (Å²) in [7, 11) is 0. The van der Waals surface area contributed by atoms with Crippen LogP contribution in [0.3, 0.4) is 0 Å². The number of hydrogen-bond acceptors (Lipinski definition) is 8. The molecule has 4 N–H and O–H groups in total. The molecule has 4 unspecified atom stereocenters. The van der Waals surface area contributed by atoms with Gasteiger partial charge in [0.2, 0.25) is 0 Å². The number of carboxylic acid groups (broad SMARTS) is 4. The number of piperazine rings is 1. The zero-order chi connectivity index (χ0) is 84.8. The monoisotopic (exact) mass is 1640 g/mol. The van der Waals surface area contributed by atoms with E-state index in [1.165, 1.54) is 257 Å². The van der Waals surface area contributed by atoms with Crippen LogP contribution in [0.25, 0.3) is 0 Å². The third-order valence-electron chi connectivity index (χ3n) is 28.3. The fraction of sp³-hybridized carbons (Fsp3) is 0.962. The summed E-state index contributed by atoms with van der Waals surface area (Å²) in [6.45, 7) is 30.0. The van der Waals surface area contributed by atoms with Crippen LogP contribution in [-0.4, -0.2) is 142 Å². The Bertz CT molecular complexity index is 1900. The van der Waals surface area contributed by atoms with E-state index >= 15 is 0 Å². The molecule has 4 atom stereocenters. The van der Waals surface area contributed by atoms with Crippen LogP contribution in [0.4, 0.5) is 0 Å². The van der Waals surface area contributed by atoms with Crippen molar-refractivity contribution in [2.75, 3.05) is 78.5 Å². The minimum absolute atomic E-state index is 0.567. The summed E-state index contributed by atoms with van der Waals surface area (Å²) in [5, 5.41) is 44.9. The molecule has 1 aliphatic heterocycles. The van der Waals surface area contributed by atoms with Crippen molar-refractivity contribution < 1.29 is 39.6 Å². The molecule has 0 bridgehead atoms. The third kappa shape index (κ3) is 58.0. The highest BCUT2D eigenvalue weighted by Gasteiger charge is 2.41. The van der Waals surface area contributed by atoms with E-state index in [2.05, 4.69) is 75.0 Å². The van der Waals surface area contributed by atoms with Gasteiger partial charge in [0.05, 0.1) is 21.7 Å². The van der Waals surface area contributed by atoms with Crippen molar-refractivity contribution in [2.45, 2.75) is 543 Å². The highest BCUT2D eigenvalue weighted by molar-refractivity contribution is 5.76. The Morgan fingerprint density at radius 1 is 0.190 bits per heavy atom. The molecular weight excluding hydrogens is 1430 g/mol. The van der Waals surface area contributed by atoms with Gasteiger partial charge in [0, 0.05) is 52.4 Å². The van der Waals surface area contributed by atoms with E-state index in [1.807, 2.05) is 0 Å². The van der Waals surface area contributed by atoms with Crippen molar-refractivity contribution in [3.8, 4) is 0 Å². The van der Waals surface area contributed by atoms with Crippen molar-refractivity contribution in [1.82, 2.24) is 19.6 Å². The van der Waals surface area contributed by atoms with Crippen molar-refractivity contribution in [1.29, 1.82) is 0 Å². The molecule has 1 rings (SSSR count). The molecule has 1 saturated heterocycles. The molecule has 1 aliphatic rings. The molecule has 0 aromatic rings. The first kappa shape index (κ1) is 112. The lowest BCUT2D eigenvalue weighted by atomic mass is 9.74. The van der Waals surface area contributed by atoms with E-state index in [1.54, 1.807) is 0 Å². The Labute approximate surface area is 722 Å². The Morgan fingerprint density at radius 2 is 0.310 bits per heavy atom. The highest BCUT2D eigenvalue weighted by atomic mass is 16.4. The van der Waals surface area contributed by atoms with Gasteiger partial charge >= 0.3 is 23.9 Å². The van der Waals surface area contributed by atoms with Crippen LogP contribution in [0.2, 0.25) is 0 Å². The molecule has 1 heterocycles. The molecule has 0 aromatic heterocycles. The largest absolute Gasteiger partial charge is 0.481 e. The van der Waals surface area contributed by atoms with Crippen LogP contribution in [0, 0.1) is 21.7 Å². The fourth-order valence-electron chi connectivity index (χ4n) is 19.8. The van der Waals surface area contributed by atoms with E-state index in [4.69, 9.17) is 0 Å². The van der Waals surface area contributed by atoms with Crippen LogP contribution in [-0.2, 0) is 19.2 Å². The number of nitrogens with zero attached hydrogens (tertiary/aromatic N) is 4. The minimum Gasteiger partial charge on any atom is -0.481 e. The predicted octanol–water partition coefficient (Wildman–Crippen LogP) is 31.3. The first-order valence-electron chi connectivity index (χ1n) is 52.4. The van der Waals surface area contributed by atoms with Crippen molar-refractivity contribution in [3.05, 3.63) is 0 Å². The molecule has 0 spiro atoms. The van der Waals surface area contributed by atoms with Gasteiger partial charge in [-0.15, -0.1) is 0 Å². The summed E-state index contributed by atoms with van der Waals surface area (Å²) in [4.78, 5) is 65.3. The standard InChI is InChI=1S/C104H204N4O8/c1-9-17-25-33-41-45-53-61-77-101(97(109)110,73-57-49-37-29-21-13-5)81-65-69-85-105(86-70-66-82-102(98(111)112,74-58-50-38-30-22-14-6)78-62-54-46-42-34-26-18-10-2)89-91-107-93-95-108(96-94-107)92-90-106(87-71-67-83-103(99(113)114,75-59-51-39-31-23-15-7)79-63-55-47-43-35-27-19-11-3)88-72-68-84-104(100(115)116,76-60-52-40-32-24-16-8)80-64-56-48-44-36-28-20-12-4/h9-96H2,1-8H3,(H,109,110)(H,111,112)(H,113,114)(H,115,116). The Morgan fingerprint density at radius 3 is 0.440 bits per heavy atom. The summed E-state index contributed by atoms with van der Waals surface area (Å²) in [5.74, 6) is -2.27. The molecule has 12 nitrogen and oxygen atoms in total. The SMILES string of the molecule is CCCCCCCCCCC(CCCCCCCC)(CCCCN(CCCCC(CCCCCCCC)(CCCCCCCCCC)C(=O)O)CCN1CCN(CCN(CCCCC(CCCCCCCC)(CCCCCCCCCC)C(=O)O)CCCCC(CCCCCCCC)(CCCCCCCCCC)C(=O)O)CC1)C(=O)O. The number of aliphatic carboxylic acids is 4. The molecule has 0 radical (unpaired) electrons.